The van der Waals surface area contributed by atoms with E-state index in [0.717, 1.165) is 31.6 Å². The van der Waals surface area contributed by atoms with E-state index in [1.807, 2.05) is 6.92 Å². The number of nitrogens with one attached hydrogen (secondary N) is 2. The molecular formula is C11H18N4OS. The molecule has 6 heteroatoms. The SMILES string of the molecule is CCc1nnsc1C(=O)NCC[C@H]1CCCN1. The van der Waals surface area contributed by atoms with Crippen molar-refractivity contribution in [3.05, 3.63) is 10.6 Å². The normalized spacial score (nSPS) is 19.5. The summed E-state index contributed by atoms with van der Waals surface area (Å²) in [5, 5.41) is 10.3. The van der Waals surface area contributed by atoms with Gasteiger partial charge < -0.3 is 10.6 Å². The van der Waals surface area contributed by atoms with Gasteiger partial charge in [-0.15, -0.1) is 5.10 Å². The summed E-state index contributed by atoms with van der Waals surface area (Å²) in [4.78, 5) is 12.5. The number of carbonyl (C=O) groups is 1. The molecule has 2 heterocycles. The highest BCUT2D eigenvalue weighted by atomic mass is 32.1. The van der Waals surface area contributed by atoms with E-state index in [4.69, 9.17) is 0 Å². The van der Waals surface area contributed by atoms with E-state index in [9.17, 15) is 4.79 Å². The molecule has 0 radical (unpaired) electrons. The standard InChI is InChI=1S/C11H18N4OS/c1-2-9-10(17-15-14-9)11(16)13-7-5-8-4-3-6-12-8/h8,12H,2-7H2,1H3,(H,13,16)/t8-/m1/s1. The third-order valence-electron chi connectivity index (χ3n) is 3.04. The zero-order valence-corrected chi connectivity index (χ0v) is 10.8. The van der Waals surface area contributed by atoms with Gasteiger partial charge in [0.05, 0.1) is 5.69 Å². The predicted molar refractivity (Wildman–Crippen MR) is 67.3 cm³/mol. The first kappa shape index (κ1) is 12.4. The van der Waals surface area contributed by atoms with Crippen LogP contribution < -0.4 is 10.6 Å². The largest absolute Gasteiger partial charge is 0.351 e. The lowest BCUT2D eigenvalue weighted by Crippen LogP contribution is -2.30. The first-order valence-electron chi connectivity index (χ1n) is 6.14. The Kier molecular flexibility index (Phi) is 4.44. The Morgan fingerprint density at radius 1 is 1.65 bits per heavy atom. The molecule has 1 fully saturated rings. The monoisotopic (exact) mass is 254 g/mol. The second-order valence-electron chi connectivity index (χ2n) is 4.24. The number of hydrogen-bond acceptors (Lipinski definition) is 5. The summed E-state index contributed by atoms with van der Waals surface area (Å²) in [7, 11) is 0. The van der Waals surface area contributed by atoms with Gasteiger partial charge in [-0.05, 0) is 43.8 Å². The summed E-state index contributed by atoms with van der Waals surface area (Å²) in [6.45, 7) is 3.81. The fourth-order valence-corrected chi connectivity index (χ4v) is 2.72. The highest BCUT2D eigenvalue weighted by molar-refractivity contribution is 7.08. The van der Waals surface area contributed by atoms with Crippen molar-refractivity contribution < 1.29 is 4.79 Å². The van der Waals surface area contributed by atoms with Gasteiger partial charge in [0.1, 0.15) is 4.88 Å². The van der Waals surface area contributed by atoms with Crippen molar-refractivity contribution in [3.8, 4) is 0 Å². The van der Waals surface area contributed by atoms with Crippen LogP contribution in [0.5, 0.6) is 0 Å². The molecule has 1 aliphatic heterocycles. The Bertz CT molecular complexity index is 373. The molecule has 0 spiro atoms. The van der Waals surface area contributed by atoms with E-state index in [-0.39, 0.29) is 5.91 Å². The van der Waals surface area contributed by atoms with Gasteiger partial charge in [0.15, 0.2) is 0 Å². The van der Waals surface area contributed by atoms with E-state index in [1.165, 1.54) is 24.4 Å². The third kappa shape index (κ3) is 3.23. The van der Waals surface area contributed by atoms with Crippen molar-refractivity contribution in [1.29, 1.82) is 0 Å². The van der Waals surface area contributed by atoms with E-state index in [1.54, 1.807) is 0 Å². The van der Waals surface area contributed by atoms with Crippen LogP contribution in [0.4, 0.5) is 0 Å². The molecule has 0 aliphatic carbocycles. The Balaban J connectivity index is 1.77. The maximum atomic E-state index is 11.9. The molecule has 1 amide bonds. The van der Waals surface area contributed by atoms with Crippen LogP contribution in [0.3, 0.4) is 0 Å². The lowest BCUT2D eigenvalue weighted by molar-refractivity contribution is 0.0955. The molecule has 1 aromatic rings. The summed E-state index contributed by atoms with van der Waals surface area (Å²) in [6.07, 6.45) is 4.22. The first-order valence-corrected chi connectivity index (χ1v) is 6.91. The molecule has 1 aromatic heterocycles. The van der Waals surface area contributed by atoms with Gasteiger partial charge >= 0.3 is 0 Å². The van der Waals surface area contributed by atoms with Crippen LogP contribution in [0.15, 0.2) is 0 Å². The maximum absolute atomic E-state index is 11.9. The topological polar surface area (TPSA) is 66.9 Å². The molecule has 0 aromatic carbocycles. The van der Waals surface area contributed by atoms with Crippen molar-refractivity contribution in [1.82, 2.24) is 20.2 Å². The van der Waals surface area contributed by atoms with E-state index < -0.39 is 0 Å². The Morgan fingerprint density at radius 3 is 3.24 bits per heavy atom. The van der Waals surface area contributed by atoms with Crippen LogP contribution in [-0.4, -0.2) is 34.6 Å². The van der Waals surface area contributed by atoms with E-state index in [0.29, 0.717) is 10.9 Å². The summed E-state index contributed by atoms with van der Waals surface area (Å²) < 4.78 is 3.82. The van der Waals surface area contributed by atoms with Crippen LogP contribution in [-0.2, 0) is 6.42 Å². The molecule has 2 N–H and O–H groups in total. The highest BCUT2D eigenvalue weighted by Gasteiger charge is 2.16. The molecule has 1 atom stereocenters. The lowest BCUT2D eigenvalue weighted by Gasteiger charge is -2.10. The molecule has 2 rings (SSSR count). The molecule has 1 saturated heterocycles. The predicted octanol–water partition coefficient (Wildman–Crippen LogP) is 0.972. The minimum atomic E-state index is -0.0325. The van der Waals surface area contributed by atoms with Crippen LogP contribution in [0.1, 0.15) is 41.6 Å². The average Bonchev–Trinajstić information content (AvgIpc) is 2.99. The number of aromatic nitrogens is 2. The minimum Gasteiger partial charge on any atom is -0.351 e. The summed E-state index contributed by atoms with van der Waals surface area (Å²) >= 11 is 1.18. The number of rotatable bonds is 5. The van der Waals surface area contributed by atoms with Crippen molar-refractivity contribution >= 4 is 17.4 Å². The fraction of sp³-hybridized carbons (Fsp3) is 0.727. The van der Waals surface area contributed by atoms with E-state index >= 15 is 0 Å². The van der Waals surface area contributed by atoms with Gasteiger partial charge in [-0.3, -0.25) is 4.79 Å². The molecule has 0 saturated carbocycles. The first-order chi connectivity index (χ1) is 8.31. The van der Waals surface area contributed by atoms with Crippen molar-refractivity contribution in [2.75, 3.05) is 13.1 Å². The highest BCUT2D eigenvalue weighted by Crippen LogP contribution is 2.11. The Hall–Kier alpha value is -1.01. The molecule has 1 aliphatic rings. The zero-order valence-electron chi connectivity index (χ0n) is 10.0. The maximum Gasteiger partial charge on any atom is 0.264 e. The second kappa shape index (κ2) is 6.07. The van der Waals surface area contributed by atoms with Crippen molar-refractivity contribution in [3.63, 3.8) is 0 Å². The minimum absolute atomic E-state index is 0.0325. The number of aryl methyl sites for hydroxylation is 1. The summed E-state index contributed by atoms with van der Waals surface area (Å²) in [5.41, 5.74) is 0.798. The molecule has 94 valence electrons. The quantitative estimate of drug-likeness (QED) is 0.822. The number of amides is 1. The summed E-state index contributed by atoms with van der Waals surface area (Å²) in [5.74, 6) is -0.0325. The molecule has 17 heavy (non-hydrogen) atoms. The van der Waals surface area contributed by atoms with Crippen LogP contribution >= 0.6 is 11.5 Å². The summed E-state index contributed by atoms with van der Waals surface area (Å²) in [6, 6.07) is 0.570. The van der Waals surface area contributed by atoms with Gasteiger partial charge in [-0.1, -0.05) is 11.4 Å². The molecule has 0 bridgehead atoms. The fourth-order valence-electron chi connectivity index (χ4n) is 2.06. The van der Waals surface area contributed by atoms with Gasteiger partial charge in [0, 0.05) is 12.6 Å². The smallest absolute Gasteiger partial charge is 0.264 e. The molecule has 0 unspecified atom stereocenters. The third-order valence-corrected chi connectivity index (χ3v) is 3.80. The van der Waals surface area contributed by atoms with Crippen LogP contribution in [0.25, 0.3) is 0 Å². The van der Waals surface area contributed by atoms with Gasteiger partial charge in [0.25, 0.3) is 5.91 Å². The second-order valence-corrected chi connectivity index (χ2v) is 4.99. The molecular weight excluding hydrogens is 236 g/mol. The number of nitrogens with zero attached hydrogens (tertiary/aromatic N) is 2. The molecule has 5 nitrogen and oxygen atoms in total. The van der Waals surface area contributed by atoms with Gasteiger partial charge in [0.2, 0.25) is 0 Å². The Morgan fingerprint density at radius 2 is 2.53 bits per heavy atom. The van der Waals surface area contributed by atoms with Crippen LogP contribution in [0.2, 0.25) is 0 Å². The van der Waals surface area contributed by atoms with Crippen molar-refractivity contribution in [2.24, 2.45) is 0 Å². The van der Waals surface area contributed by atoms with E-state index in [2.05, 4.69) is 20.2 Å². The Labute approximate surface area is 105 Å². The number of carbonyl (C=O) groups excluding carboxylic acids is 1. The van der Waals surface area contributed by atoms with Gasteiger partial charge in [-0.2, -0.15) is 0 Å². The van der Waals surface area contributed by atoms with Crippen LogP contribution in [0, 0.1) is 0 Å². The van der Waals surface area contributed by atoms with Gasteiger partial charge in [-0.25, -0.2) is 0 Å². The average molecular weight is 254 g/mol. The van der Waals surface area contributed by atoms with Crippen molar-refractivity contribution in [2.45, 2.75) is 38.6 Å². The number of hydrogen-bond donors (Lipinski definition) is 2. The lowest BCUT2D eigenvalue weighted by atomic mass is 10.1. The zero-order chi connectivity index (χ0) is 12.1.